The molecular formula is C12H24N2O3. The molecule has 2 N–H and O–H groups in total. The van der Waals surface area contributed by atoms with E-state index in [0.29, 0.717) is 0 Å². The van der Waals surface area contributed by atoms with Crippen molar-refractivity contribution >= 4 is 12.0 Å². The maximum Gasteiger partial charge on any atom is 0.328 e. The molecule has 0 unspecified atom stereocenters. The summed E-state index contributed by atoms with van der Waals surface area (Å²) in [5.41, 5.74) is -0.745. The van der Waals surface area contributed by atoms with E-state index < -0.39 is 17.4 Å². The molecule has 5 nitrogen and oxygen atoms in total. The van der Waals surface area contributed by atoms with Crippen molar-refractivity contribution < 1.29 is 14.3 Å². The van der Waals surface area contributed by atoms with Gasteiger partial charge in [-0.1, -0.05) is 20.8 Å². The highest BCUT2D eigenvalue weighted by molar-refractivity contribution is 5.84. The lowest BCUT2D eigenvalue weighted by Crippen LogP contribution is -2.55. The first-order valence-electron chi connectivity index (χ1n) is 5.64. The highest BCUT2D eigenvalue weighted by atomic mass is 16.5. The van der Waals surface area contributed by atoms with Crippen LogP contribution in [0.1, 0.15) is 41.5 Å². The topological polar surface area (TPSA) is 67.4 Å². The average molecular weight is 244 g/mol. The van der Waals surface area contributed by atoms with Crippen molar-refractivity contribution in [1.29, 1.82) is 0 Å². The number of hydrogen-bond donors (Lipinski definition) is 2. The van der Waals surface area contributed by atoms with Crippen LogP contribution in [0, 0.1) is 5.41 Å². The molecule has 0 saturated heterocycles. The first-order chi connectivity index (χ1) is 7.47. The summed E-state index contributed by atoms with van der Waals surface area (Å²) in [6.45, 7) is 11.2. The molecule has 0 rings (SSSR count). The van der Waals surface area contributed by atoms with Gasteiger partial charge in [-0.05, 0) is 26.2 Å². The minimum absolute atomic E-state index is 0.345. The summed E-state index contributed by atoms with van der Waals surface area (Å²) >= 11 is 0. The Morgan fingerprint density at radius 2 is 1.53 bits per heavy atom. The van der Waals surface area contributed by atoms with Crippen LogP contribution >= 0.6 is 0 Å². The van der Waals surface area contributed by atoms with Crippen LogP contribution in [-0.2, 0) is 9.53 Å². The highest BCUT2D eigenvalue weighted by Crippen LogP contribution is 2.20. The van der Waals surface area contributed by atoms with Gasteiger partial charge in [0.2, 0.25) is 0 Å². The van der Waals surface area contributed by atoms with Crippen LogP contribution in [0.4, 0.5) is 4.79 Å². The third kappa shape index (κ3) is 6.14. The van der Waals surface area contributed by atoms with E-state index >= 15 is 0 Å². The Morgan fingerprint density at radius 3 is 1.82 bits per heavy atom. The molecule has 0 spiro atoms. The Bertz CT molecular complexity index is 287. The predicted octanol–water partition coefficient (Wildman–Crippen LogP) is 1.67. The molecule has 0 aliphatic rings. The lowest BCUT2D eigenvalue weighted by atomic mass is 9.87. The van der Waals surface area contributed by atoms with E-state index in [-0.39, 0.29) is 11.6 Å². The standard InChI is InChI=1S/C12H24N2O3/c1-11(2,3)8(9(15)17-7)13-10(16)14-12(4,5)6/h8H,1-7H3,(H2,13,14,16)/t8-/m1/s1. The van der Waals surface area contributed by atoms with Crippen LogP contribution in [0.15, 0.2) is 0 Å². The van der Waals surface area contributed by atoms with Crippen LogP contribution in [0.25, 0.3) is 0 Å². The number of methoxy groups -OCH3 is 1. The van der Waals surface area contributed by atoms with Crippen molar-refractivity contribution in [2.45, 2.75) is 53.1 Å². The summed E-state index contributed by atoms with van der Waals surface area (Å²) in [7, 11) is 1.31. The van der Waals surface area contributed by atoms with Gasteiger partial charge in [0.05, 0.1) is 7.11 Å². The minimum atomic E-state index is -0.671. The molecule has 1 atom stereocenters. The Kier molecular flexibility index (Phi) is 4.98. The fourth-order valence-electron chi connectivity index (χ4n) is 1.25. The number of nitrogens with one attached hydrogen (secondary N) is 2. The smallest absolute Gasteiger partial charge is 0.328 e. The molecule has 5 heteroatoms. The van der Waals surface area contributed by atoms with Crippen LogP contribution in [0.3, 0.4) is 0 Å². The molecule has 2 amide bonds. The predicted molar refractivity (Wildman–Crippen MR) is 66.7 cm³/mol. The van der Waals surface area contributed by atoms with E-state index in [1.807, 2.05) is 41.5 Å². The normalized spacial score (nSPS) is 13.8. The Balaban J connectivity index is 4.67. The minimum Gasteiger partial charge on any atom is -0.467 e. The molecule has 0 aliphatic heterocycles. The van der Waals surface area contributed by atoms with E-state index in [0.717, 1.165) is 0 Å². The number of carbonyl (C=O) groups excluding carboxylic acids is 2. The van der Waals surface area contributed by atoms with Crippen LogP contribution < -0.4 is 10.6 Å². The van der Waals surface area contributed by atoms with Crippen LogP contribution in [-0.4, -0.2) is 30.7 Å². The van der Waals surface area contributed by atoms with Gasteiger partial charge < -0.3 is 15.4 Å². The Labute approximate surface area is 103 Å². The molecule has 0 aliphatic carbocycles. The van der Waals surface area contributed by atoms with Gasteiger partial charge in [-0.2, -0.15) is 0 Å². The van der Waals surface area contributed by atoms with Crippen LogP contribution in [0.2, 0.25) is 0 Å². The molecule has 0 aromatic heterocycles. The largest absolute Gasteiger partial charge is 0.467 e. The third-order valence-corrected chi connectivity index (χ3v) is 2.07. The maximum absolute atomic E-state index is 11.7. The van der Waals surface area contributed by atoms with Gasteiger partial charge in [0.1, 0.15) is 6.04 Å². The summed E-state index contributed by atoms with van der Waals surface area (Å²) < 4.78 is 4.69. The van der Waals surface area contributed by atoms with Gasteiger partial charge >= 0.3 is 12.0 Å². The zero-order valence-electron chi connectivity index (χ0n) is 11.8. The summed E-state index contributed by atoms with van der Waals surface area (Å²) in [5.74, 6) is -0.443. The number of amides is 2. The molecule has 0 saturated carbocycles. The Hall–Kier alpha value is -1.26. The number of rotatable bonds is 2. The SMILES string of the molecule is COC(=O)[C@@H](NC(=O)NC(C)(C)C)C(C)(C)C. The first-order valence-corrected chi connectivity index (χ1v) is 5.64. The molecule has 0 aromatic rings. The number of carbonyl (C=O) groups is 2. The second-order valence-electron chi connectivity index (χ2n) is 6.17. The van der Waals surface area contributed by atoms with Crippen LogP contribution in [0.5, 0.6) is 0 Å². The monoisotopic (exact) mass is 244 g/mol. The lowest BCUT2D eigenvalue weighted by molar-refractivity contribution is -0.145. The van der Waals surface area contributed by atoms with Crippen molar-refractivity contribution in [3.05, 3.63) is 0 Å². The van der Waals surface area contributed by atoms with E-state index in [1.54, 1.807) is 0 Å². The van der Waals surface area contributed by atoms with Gasteiger partial charge in [0, 0.05) is 5.54 Å². The Morgan fingerprint density at radius 1 is 1.06 bits per heavy atom. The molecule has 0 aromatic carbocycles. The van der Waals surface area contributed by atoms with Gasteiger partial charge in [-0.25, -0.2) is 9.59 Å². The first kappa shape index (κ1) is 15.7. The van der Waals surface area contributed by atoms with Crippen molar-refractivity contribution in [3.63, 3.8) is 0 Å². The molecule has 17 heavy (non-hydrogen) atoms. The lowest BCUT2D eigenvalue weighted by Gasteiger charge is -2.30. The van der Waals surface area contributed by atoms with Gasteiger partial charge in [0.15, 0.2) is 0 Å². The molecule has 0 heterocycles. The number of hydrogen-bond acceptors (Lipinski definition) is 3. The molecule has 0 bridgehead atoms. The number of esters is 1. The summed E-state index contributed by atoms with van der Waals surface area (Å²) in [6.07, 6.45) is 0. The summed E-state index contributed by atoms with van der Waals surface area (Å²) in [4.78, 5) is 23.3. The van der Waals surface area contributed by atoms with E-state index in [9.17, 15) is 9.59 Å². The van der Waals surface area contributed by atoms with Crippen molar-refractivity contribution in [1.82, 2.24) is 10.6 Å². The van der Waals surface area contributed by atoms with Gasteiger partial charge in [0.25, 0.3) is 0 Å². The fraction of sp³-hybridized carbons (Fsp3) is 0.833. The number of ether oxygens (including phenoxy) is 1. The average Bonchev–Trinajstić information content (AvgIpc) is 2.08. The van der Waals surface area contributed by atoms with E-state index in [4.69, 9.17) is 0 Å². The zero-order chi connectivity index (χ0) is 13.9. The molecule has 0 radical (unpaired) electrons. The van der Waals surface area contributed by atoms with Crippen molar-refractivity contribution in [3.8, 4) is 0 Å². The molecular weight excluding hydrogens is 220 g/mol. The fourth-order valence-corrected chi connectivity index (χ4v) is 1.25. The highest BCUT2D eigenvalue weighted by Gasteiger charge is 2.34. The van der Waals surface area contributed by atoms with Crippen molar-refractivity contribution in [2.24, 2.45) is 5.41 Å². The van der Waals surface area contributed by atoms with Gasteiger partial charge in [-0.15, -0.1) is 0 Å². The molecule has 0 fully saturated rings. The van der Waals surface area contributed by atoms with Gasteiger partial charge in [-0.3, -0.25) is 0 Å². The zero-order valence-corrected chi connectivity index (χ0v) is 11.8. The summed E-state index contributed by atoms with van der Waals surface area (Å²) in [5, 5.41) is 5.38. The number of urea groups is 1. The second-order valence-corrected chi connectivity index (χ2v) is 6.17. The maximum atomic E-state index is 11.7. The van der Waals surface area contributed by atoms with E-state index in [2.05, 4.69) is 15.4 Å². The second kappa shape index (κ2) is 5.38. The summed E-state index contributed by atoms with van der Waals surface area (Å²) in [6, 6.07) is -1.04. The quantitative estimate of drug-likeness (QED) is 0.726. The van der Waals surface area contributed by atoms with Crippen molar-refractivity contribution in [2.75, 3.05) is 7.11 Å². The van der Waals surface area contributed by atoms with E-state index in [1.165, 1.54) is 7.11 Å². The third-order valence-electron chi connectivity index (χ3n) is 2.07. The molecule has 100 valence electrons.